The van der Waals surface area contributed by atoms with E-state index in [1.807, 2.05) is 62.1 Å². The molecule has 3 aromatic heterocycles. The van der Waals surface area contributed by atoms with E-state index in [9.17, 15) is 9.59 Å². The average Bonchev–Trinajstić information content (AvgIpc) is 3.70. The van der Waals surface area contributed by atoms with E-state index in [-0.39, 0.29) is 11.3 Å². The van der Waals surface area contributed by atoms with E-state index in [0.717, 1.165) is 49.5 Å². The zero-order valence-corrected chi connectivity index (χ0v) is 27.2. The van der Waals surface area contributed by atoms with Gasteiger partial charge in [0.1, 0.15) is 23.6 Å². The summed E-state index contributed by atoms with van der Waals surface area (Å²) in [6.45, 7) is 12.6. The number of benzene rings is 2. The van der Waals surface area contributed by atoms with Gasteiger partial charge in [-0.3, -0.25) is 10.1 Å². The molecule has 0 unspecified atom stereocenters. The van der Waals surface area contributed by atoms with E-state index >= 15 is 0 Å². The lowest BCUT2D eigenvalue weighted by Gasteiger charge is -2.34. The summed E-state index contributed by atoms with van der Waals surface area (Å²) in [5.41, 5.74) is 10.6. The topological polar surface area (TPSA) is 160 Å². The fraction of sp³-hybridized carbons (Fsp3) is 0.353. The maximum atomic E-state index is 12.8. The molecule has 13 heteroatoms. The molecule has 0 aliphatic carbocycles. The number of nitrogen functional groups attached to an aromatic ring is 1. The maximum absolute atomic E-state index is 12.8. The molecule has 6 rings (SSSR count). The number of urea groups is 1. The van der Waals surface area contributed by atoms with Crippen molar-refractivity contribution in [2.45, 2.75) is 46.0 Å². The number of nitrogens with one attached hydrogen (secondary N) is 2. The van der Waals surface area contributed by atoms with Crippen LogP contribution in [0.4, 0.5) is 22.1 Å². The van der Waals surface area contributed by atoms with Gasteiger partial charge in [-0.1, -0.05) is 57.1 Å². The molecule has 1 saturated heterocycles. The van der Waals surface area contributed by atoms with Crippen LogP contribution in [0.25, 0.3) is 28.0 Å². The predicted molar refractivity (Wildman–Crippen MR) is 181 cm³/mol. The highest BCUT2D eigenvalue weighted by Crippen LogP contribution is 2.32. The van der Waals surface area contributed by atoms with E-state index in [1.54, 1.807) is 22.9 Å². The lowest BCUT2D eigenvalue weighted by molar-refractivity contribution is -0.132. The molecule has 5 aromatic rings. The normalized spacial score (nSPS) is 14.0. The van der Waals surface area contributed by atoms with Gasteiger partial charge in [-0.25, -0.2) is 19.4 Å². The van der Waals surface area contributed by atoms with Gasteiger partial charge in [-0.15, -0.1) is 0 Å². The van der Waals surface area contributed by atoms with Crippen LogP contribution in [0.15, 0.2) is 65.4 Å². The van der Waals surface area contributed by atoms with Crippen molar-refractivity contribution in [2.75, 3.05) is 49.1 Å². The van der Waals surface area contributed by atoms with Crippen LogP contribution in [0.5, 0.6) is 0 Å². The smallest absolute Gasteiger partial charge is 0.324 e. The number of fused-ring (bicyclic) bond motifs is 1. The Balaban J connectivity index is 1.14. The molecule has 244 valence electrons. The summed E-state index contributed by atoms with van der Waals surface area (Å²) in [5, 5.41) is 15.0. The molecule has 1 aliphatic rings. The first-order valence-electron chi connectivity index (χ1n) is 15.8. The number of aryl methyl sites for hydroxylation is 1. The number of hydrogen-bond acceptors (Lipinski definition) is 9. The number of hydrogen-bond donors (Lipinski definition) is 3. The molecule has 3 amide bonds. The number of amides is 3. The van der Waals surface area contributed by atoms with Crippen molar-refractivity contribution in [3.63, 3.8) is 0 Å². The van der Waals surface area contributed by atoms with Gasteiger partial charge in [0.05, 0.1) is 11.1 Å². The van der Waals surface area contributed by atoms with Gasteiger partial charge in [-0.05, 0) is 42.8 Å². The van der Waals surface area contributed by atoms with Crippen LogP contribution in [-0.2, 0) is 16.6 Å². The number of carbonyl (C=O) groups excluding carboxylic acids is 2. The fourth-order valence-electron chi connectivity index (χ4n) is 5.56. The second-order valence-corrected chi connectivity index (χ2v) is 12.7. The minimum Gasteiger partial charge on any atom is -0.383 e. The molecule has 4 heterocycles. The number of rotatable bonds is 8. The third-order valence-corrected chi connectivity index (χ3v) is 8.38. The summed E-state index contributed by atoms with van der Waals surface area (Å²) in [4.78, 5) is 38.4. The van der Waals surface area contributed by atoms with Crippen molar-refractivity contribution < 1.29 is 14.1 Å². The summed E-state index contributed by atoms with van der Waals surface area (Å²) >= 11 is 0. The highest BCUT2D eigenvalue weighted by atomic mass is 16.5. The minimum atomic E-state index is -0.443. The molecule has 1 fully saturated rings. The standard InChI is InChI=1S/C34H40N10O3/c1-5-42-16-18-43(19-17-42)28(45)15-8-22-6-9-23(10-7-22)30-29-31(35)36-21-37-32(29)44(40-30)25-13-11-24(12-14-25)38-33(46)39-27-20-26(47-41-27)34(2,3)4/h6-7,9-14,20-21H,5,8,15-19H2,1-4H3,(H2,35,36,37)(H2,38,39,41,46). The predicted octanol–water partition coefficient (Wildman–Crippen LogP) is 5.09. The summed E-state index contributed by atoms with van der Waals surface area (Å²) < 4.78 is 7.05. The zero-order chi connectivity index (χ0) is 33.1. The Bertz CT molecular complexity index is 1870. The summed E-state index contributed by atoms with van der Waals surface area (Å²) in [7, 11) is 0. The SMILES string of the molecule is CCN1CCN(C(=O)CCc2ccc(-c3nn(-c4ccc(NC(=O)Nc5cc(C(C)(C)C)on5)cc4)c4ncnc(N)c34)cc2)CC1. The first-order chi connectivity index (χ1) is 22.6. The Kier molecular flexibility index (Phi) is 8.90. The summed E-state index contributed by atoms with van der Waals surface area (Å²) in [6, 6.07) is 16.5. The molecular weight excluding hydrogens is 596 g/mol. The quantitative estimate of drug-likeness (QED) is 0.211. The van der Waals surface area contributed by atoms with E-state index < -0.39 is 6.03 Å². The molecule has 0 saturated carbocycles. The number of likely N-dealkylation sites (N-methyl/N-ethyl adjacent to an activating group) is 1. The minimum absolute atomic E-state index is 0.200. The number of piperazine rings is 1. The monoisotopic (exact) mass is 636 g/mol. The van der Waals surface area contributed by atoms with Crippen molar-refractivity contribution in [1.82, 2.24) is 34.7 Å². The van der Waals surface area contributed by atoms with Gasteiger partial charge >= 0.3 is 6.03 Å². The van der Waals surface area contributed by atoms with Gasteiger partial charge < -0.3 is 25.4 Å². The molecule has 0 radical (unpaired) electrons. The number of nitrogens with two attached hydrogens (primary N) is 1. The molecule has 2 aromatic carbocycles. The fourth-order valence-corrected chi connectivity index (χ4v) is 5.56. The zero-order valence-electron chi connectivity index (χ0n) is 27.2. The third-order valence-electron chi connectivity index (χ3n) is 8.38. The average molecular weight is 637 g/mol. The molecule has 13 nitrogen and oxygen atoms in total. The van der Waals surface area contributed by atoms with Gasteiger partial charge in [0.25, 0.3) is 0 Å². The number of anilines is 3. The number of carbonyl (C=O) groups is 2. The molecule has 4 N–H and O–H groups in total. The van der Waals surface area contributed by atoms with Crippen LogP contribution in [-0.4, -0.2) is 79.4 Å². The first-order valence-corrected chi connectivity index (χ1v) is 15.8. The Labute approximate surface area is 273 Å². The Morgan fingerprint density at radius 3 is 2.34 bits per heavy atom. The van der Waals surface area contributed by atoms with Crippen LogP contribution in [0.1, 0.15) is 45.4 Å². The second-order valence-electron chi connectivity index (χ2n) is 12.7. The highest BCUT2D eigenvalue weighted by Gasteiger charge is 2.22. The Morgan fingerprint density at radius 1 is 0.957 bits per heavy atom. The molecule has 1 aliphatic heterocycles. The third kappa shape index (κ3) is 7.09. The van der Waals surface area contributed by atoms with Gasteiger partial charge in [0, 0.05) is 55.3 Å². The van der Waals surface area contributed by atoms with Gasteiger partial charge in [-0.2, -0.15) is 5.10 Å². The van der Waals surface area contributed by atoms with Crippen LogP contribution in [0.2, 0.25) is 0 Å². The number of nitrogens with zero attached hydrogens (tertiary/aromatic N) is 7. The van der Waals surface area contributed by atoms with Crippen molar-refractivity contribution in [1.29, 1.82) is 0 Å². The van der Waals surface area contributed by atoms with Crippen molar-refractivity contribution in [2.24, 2.45) is 0 Å². The molecule has 0 atom stereocenters. The van der Waals surface area contributed by atoms with E-state index in [4.69, 9.17) is 15.4 Å². The van der Waals surface area contributed by atoms with Gasteiger partial charge in [0.15, 0.2) is 11.5 Å². The summed E-state index contributed by atoms with van der Waals surface area (Å²) in [5.74, 6) is 1.53. The van der Waals surface area contributed by atoms with Crippen molar-refractivity contribution >= 4 is 40.3 Å². The lowest BCUT2D eigenvalue weighted by Crippen LogP contribution is -2.48. The Morgan fingerprint density at radius 2 is 1.68 bits per heavy atom. The lowest BCUT2D eigenvalue weighted by atomic mass is 9.93. The molecule has 0 spiro atoms. The molecule has 0 bridgehead atoms. The van der Waals surface area contributed by atoms with Crippen molar-refractivity contribution in [3.05, 3.63) is 72.2 Å². The van der Waals surface area contributed by atoms with Crippen LogP contribution >= 0.6 is 0 Å². The summed E-state index contributed by atoms with van der Waals surface area (Å²) in [6.07, 6.45) is 2.56. The second kappa shape index (κ2) is 13.2. The number of aromatic nitrogens is 5. The van der Waals surface area contributed by atoms with Crippen LogP contribution in [0.3, 0.4) is 0 Å². The van der Waals surface area contributed by atoms with E-state index in [1.165, 1.54) is 6.33 Å². The van der Waals surface area contributed by atoms with Gasteiger partial charge in [0.2, 0.25) is 5.91 Å². The van der Waals surface area contributed by atoms with Crippen molar-refractivity contribution in [3.8, 4) is 16.9 Å². The highest BCUT2D eigenvalue weighted by molar-refractivity contribution is 6.00. The Hall–Kier alpha value is -5.30. The largest absolute Gasteiger partial charge is 0.383 e. The van der Waals surface area contributed by atoms with Crippen LogP contribution in [0, 0.1) is 0 Å². The first kappa shape index (κ1) is 31.7. The molecular formula is C34H40N10O3. The van der Waals surface area contributed by atoms with E-state index in [0.29, 0.717) is 52.7 Å². The van der Waals surface area contributed by atoms with E-state index in [2.05, 4.69) is 37.6 Å². The maximum Gasteiger partial charge on any atom is 0.324 e. The van der Waals surface area contributed by atoms with Crippen LogP contribution < -0.4 is 16.4 Å². The molecule has 47 heavy (non-hydrogen) atoms.